The highest BCUT2D eigenvalue weighted by atomic mass is 16.4. The van der Waals surface area contributed by atoms with Gasteiger partial charge in [0.2, 0.25) is 0 Å². The largest absolute Gasteiger partial charge is 0.481 e. The summed E-state index contributed by atoms with van der Waals surface area (Å²) in [5, 5.41) is 16.5. The normalized spacial score (nSPS) is 12.0. The van der Waals surface area contributed by atoms with Gasteiger partial charge < -0.3 is 15.0 Å². The van der Waals surface area contributed by atoms with Gasteiger partial charge in [0.05, 0.1) is 12.3 Å². The molecule has 0 aromatic carbocycles. The van der Waals surface area contributed by atoms with Crippen LogP contribution < -0.4 is 0 Å². The molecule has 0 fully saturated rings. The number of aliphatic carboxylic acids is 2. The van der Waals surface area contributed by atoms with Crippen molar-refractivity contribution < 1.29 is 24.6 Å². The summed E-state index contributed by atoms with van der Waals surface area (Å²) in [6, 6.07) is 0. The van der Waals surface area contributed by atoms with Crippen LogP contribution in [-0.4, -0.2) is 28.4 Å². The van der Waals surface area contributed by atoms with Gasteiger partial charge in [-0.15, -0.1) is 0 Å². The van der Waals surface area contributed by atoms with Gasteiger partial charge in [-0.1, -0.05) is 0 Å². The van der Waals surface area contributed by atoms with Crippen molar-refractivity contribution in [3.8, 4) is 0 Å². The van der Waals surface area contributed by atoms with E-state index in [2.05, 4.69) is 0 Å². The number of aldehydes is 1. The highest BCUT2D eigenvalue weighted by molar-refractivity contribution is 5.79. The van der Waals surface area contributed by atoms with Crippen molar-refractivity contribution in [1.82, 2.24) is 0 Å². The van der Waals surface area contributed by atoms with Crippen LogP contribution >= 0.6 is 0 Å². The van der Waals surface area contributed by atoms with E-state index < -0.39 is 24.3 Å². The van der Waals surface area contributed by atoms with E-state index >= 15 is 0 Å². The van der Waals surface area contributed by atoms with E-state index in [9.17, 15) is 14.4 Å². The minimum atomic E-state index is -1.25. The van der Waals surface area contributed by atoms with Crippen LogP contribution in [0.25, 0.3) is 0 Å². The highest BCUT2D eigenvalue weighted by Crippen LogP contribution is 2.06. The molecule has 0 aliphatic heterocycles. The first kappa shape index (κ1) is 9.61. The van der Waals surface area contributed by atoms with Crippen molar-refractivity contribution in [2.24, 2.45) is 5.92 Å². The Morgan fingerprint density at radius 3 is 2.18 bits per heavy atom. The van der Waals surface area contributed by atoms with Crippen LogP contribution in [0.4, 0.5) is 0 Å². The third-order valence-electron chi connectivity index (χ3n) is 1.15. The zero-order valence-electron chi connectivity index (χ0n) is 5.69. The maximum absolute atomic E-state index is 10.2. The summed E-state index contributed by atoms with van der Waals surface area (Å²) >= 11 is 0. The van der Waals surface area contributed by atoms with Gasteiger partial charge in [0, 0.05) is 6.42 Å². The first-order valence-electron chi connectivity index (χ1n) is 2.96. The van der Waals surface area contributed by atoms with Gasteiger partial charge in [0.1, 0.15) is 6.29 Å². The predicted octanol–water partition coefficient (Wildman–Crippen LogP) is -0.249. The Kier molecular flexibility index (Phi) is 3.87. The Balaban J connectivity index is 3.99. The lowest BCUT2D eigenvalue weighted by atomic mass is 10.0. The van der Waals surface area contributed by atoms with Gasteiger partial charge in [0.25, 0.3) is 0 Å². The molecule has 5 heteroatoms. The van der Waals surface area contributed by atoms with Crippen LogP contribution in [-0.2, 0) is 14.4 Å². The molecule has 0 amide bonds. The third-order valence-corrected chi connectivity index (χ3v) is 1.15. The summed E-state index contributed by atoms with van der Waals surface area (Å²) in [6.45, 7) is 0. The number of carboxylic acid groups (broad SMARTS) is 2. The van der Waals surface area contributed by atoms with Crippen LogP contribution in [0.15, 0.2) is 0 Å². The molecule has 0 aromatic heterocycles. The molecule has 11 heavy (non-hydrogen) atoms. The Morgan fingerprint density at radius 2 is 1.91 bits per heavy atom. The smallest absolute Gasteiger partial charge is 0.307 e. The van der Waals surface area contributed by atoms with E-state index in [0.29, 0.717) is 6.29 Å². The van der Waals surface area contributed by atoms with Gasteiger partial charge in [0.15, 0.2) is 0 Å². The summed E-state index contributed by atoms with van der Waals surface area (Å²) in [6.07, 6.45) is -0.350. The Bertz CT molecular complexity index is 174. The average molecular weight is 160 g/mol. The van der Waals surface area contributed by atoms with Crippen molar-refractivity contribution in [2.45, 2.75) is 12.8 Å². The molecule has 0 aliphatic rings. The van der Waals surface area contributed by atoms with Gasteiger partial charge >= 0.3 is 11.9 Å². The summed E-state index contributed by atoms with van der Waals surface area (Å²) in [5.74, 6) is -3.55. The summed E-state index contributed by atoms with van der Waals surface area (Å²) in [5.41, 5.74) is 0. The molecule has 2 N–H and O–H groups in total. The van der Waals surface area contributed by atoms with Crippen LogP contribution in [0.3, 0.4) is 0 Å². The fraction of sp³-hybridized carbons (Fsp3) is 0.500. The Labute approximate surface area is 62.6 Å². The number of hydrogen-bond donors (Lipinski definition) is 2. The van der Waals surface area contributed by atoms with Gasteiger partial charge in [-0.05, 0) is 0 Å². The van der Waals surface area contributed by atoms with Gasteiger partial charge in [-0.3, -0.25) is 9.59 Å². The van der Waals surface area contributed by atoms with Crippen LogP contribution in [0.5, 0.6) is 0 Å². The molecule has 0 bridgehead atoms. The van der Waals surface area contributed by atoms with Gasteiger partial charge in [-0.25, -0.2) is 0 Å². The molecule has 0 heterocycles. The maximum atomic E-state index is 10.2. The average Bonchev–Trinajstić information content (AvgIpc) is 1.86. The predicted molar refractivity (Wildman–Crippen MR) is 34.1 cm³/mol. The number of carboxylic acids is 2. The molecule has 1 atom stereocenters. The molecule has 0 aliphatic carbocycles. The summed E-state index contributed by atoms with van der Waals surface area (Å²) in [4.78, 5) is 30.1. The zero-order valence-corrected chi connectivity index (χ0v) is 5.69. The molecule has 62 valence electrons. The topological polar surface area (TPSA) is 91.7 Å². The lowest BCUT2D eigenvalue weighted by Gasteiger charge is -2.03. The van der Waals surface area contributed by atoms with Crippen molar-refractivity contribution in [3.63, 3.8) is 0 Å². The van der Waals surface area contributed by atoms with E-state index in [-0.39, 0.29) is 6.42 Å². The second kappa shape index (κ2) is 4.43. The second-order valence-corrected chi connectivity index (χ2v) is 2.04. The fourth-order valence-electron chi connectivity index (χ4n) is 0.598. The third kappa shape index (κ3) is 4.07. The minimum absolute atomic E-state index is 0.248. The SMILES string of the molecule is O=CCC(CC(=O)O)C(=O)O. The van der Waals surface area contributed by atoms with Crippen LogP contribution in [0, 0.1) is 5.92 Å². The Morgan fingerprint density at radius 1 is 1.36 bits per heavy atom. The molecule has 0 rings (SSSR count). The van der Waals surface area contributed by atoms with Crippen LogP contribution in [0.2, 0.25) is 0 Å². The standard InChI is InChI=1S/C6H8O5/c7-2-1-4(6(10)11)3-5(8)9/h2,4H,1,3H2,(H,8,9)(H,10,11). The molecule has 0 radical (unpaired) electrons. The maximum Gasteiger partial charge on any atom is 0.307 e. The molecule has 0 aromatic rings. The fourth-order valence-corrected chi connectivity index (χ4v) is 0.598. The quantitative estimate of drug-likeness (QED) is 0.541. The van der Waals surface area contributed by atoms with Crippen molar-refractivity contribution in [1.29, 1.82) is 0 Å². The first-order valence-corrected chi connectivity index (χ1v) is 2.96. The second-order valence-electron chi connectivity index (χ2n) is 2.04. The van der Waals surface area contributed by atoms with Crippen LogP contribution in [0.1, 0.15) is 12.8 Å². The molecule has 5 nitrogen and oxygen atoms in total. The van der Waals surface area contributed by atoms with Gasteiger partial charge in [-0.2, -0.15) is 0 Å². The zero-order chi connectivity index (χ0) is 8.85. The molecule has 1 unspecified atom stereocenters. The van der Waals surface area contributed by atoms with Crippen molar-refractivity contribution in [2.75, 3.05) is 0 Å². The van der Waals surface area contributed by atoms with Crippen molar-refractivity contribution in [3.05, 3.63) is 0 Å². The van der Waals surface area contributed by atoms with Crippen molar-refractivity contribution >= 4 is 18.2 Å². The molecular formula is C6H8O5. The van der Waals surface area contributed by atoms with E-state index in [1.807, 2.05) is 0 Å². The number of rotatable bonds is 5. The van der Waals surface area contributed by atoms with E-state index in [4.69, 9.17) is 10.2 Å². The van der Waals surface area contributed by atoms with E-state index in [0.717, 1.165) is 0 Å². The molecule has 0 saturated heterocycles. The summed E-state index contributed by atoms with van der Waals surface area (Å²) in [7, 11) is 0. The first-order chi connectivity index (χ1) is 5.07. The summed E-state index contributed by atoms with van der Waals surface area (Å²) < 4.78 is 0. The van der Waals surface area contributed by atoms with E-state index in [1.165, 1.54) is 0 Å². The monoisotopic (exact) mass is 160 g/mol. The molecule has 0 spiro atoms. The minimum Gasteiger partial charge on any atom is -0.481 e. The lowest BCUT2D eigenvalue weighted by molar-refractivity contribution is -0.148. The highest BCUT2D eigenvalue weighted by Gasteiger charge is 2.19. The number of carbonyl (C=O) groups excluding carboxylic acids is 1. The Hall–Kier alpha value is -1.39. The number of carbonyl (C=O) groups is 3. The number of hydrogen-bond acceptors (Lipinski definition) is 3. The lowest BCUT2D eigenvalue weighted by Crippen LogP contribution is -2.17. The molecule has 0 saturated carbocycles. The molecular weight excluding hydrogens is 152 g/mol. The van der Waals surface area contributed by atoms with E-state index in [1.54, 1.807) is 0 Å².